The minimum Gasteiger partial charge on any atom is -0.376 e. The number of H-pyrrole nitrogens is 1. The lowest BCUT2D eigenvalue weighted by atomic mass is 10.1. The fourth-order valence-electron chi connectivity index (χ4n) is 3.33. The van der Waals surface area contributed by atoms with Crippen molar-refractivity contribution in [1.29, 1.82) is 0 Å². The largest absolute Gasteiger partial charge is 0.376 e. The van der Waals surface area contributed by atoms with Crippen molar-refractivity contribution in [3.8, 4) is 0 Å². The van der Waals surface area contributed by atoms with E-state index in [0.29, 0.717) is 18.7 Å². The van der Waals surface area contributed by atoms with E-state index >= 15 is 0 Å². The average molecular weight is 342 g/mol. The summed E-state index contributed by atoms with van der Waals surface area (Å²) in [5, 5.41) is 0.990. The van der Waals surface area contributed by atoms with E-state index in [1.165, 1.54) is 0 Å². The molecule has 1 atom stereocenters. The number of carbonyl (C=O) groups excluding carboxylic acids is 1. The van der Waals surface area contributed by atoms with Crippen LogP contribution in [0.3, 0.4) is 0 Å². The van der Waals surface area contributed by atoms with E-state index < -0.39 is 0 Å². The SMILES string of the molecule is Cc1ccc2[nH]c(=O)c(CN(C[C@@H]3CCCO3)C(=O)C(C)C)cc2c1. The van der Waals surface area contributed by atoms with Crippen LogP contribution in [0.4, 0.5) is 0 Å². The summed E-state index contributed by atoms with van der Waals surface area (Å²) >= 11 is 0. The molecule has 1 fully saturated rings. The van der Waals surface area contributed by atoms with Crippen molar-refractivity contribution in [1.82, 2.24) is 9.88 Å². The number of rotatable bonds is 5. The number of nitrogens with zero attached hydrogens (tertiary/aromatic N) is 1. The van der Waals surface area contributed by atoms with Crippen LogP contribution in [-0.2, 0) is 16.1 Å². The van der Waals surface area contributed by atoms with E-state index in [2.05, 4.69) is 4.98 Å². The van der Waals surface area contributed by atoms with Crippen LogP contribution in [0.1, 0.15) is 37.8 Å². The molecule has 0 spiro atoms. The van der Waals surface area contributed by atoms with Gasteiger partial charge in [-0.1, -0.05) is 25.5 Å². The van der Waals surface area contributed by atoms with Crippen LogP contribution in [0.5, 0.6) is 0 Å². The summed E-state index contributed by atoms with van der Waals surface area (Å²) in [5.74, 6) is -0.0533. The van der Waals surface area contributed by atoms with Gasteiger partial charge in [0.15, 0.2) is 0 Å². The predicted molar refractivity (Wildman–Crippen MR) is 98.5 cm³/mol. The zero-order valence-electron chi connectivity index (χ0n) is 15.2. The molecule has 3 rings (SSSR count). The highest BCUT2D eigenvalue weighted by molar-refractivity contribution is 5.80. The third-order valence-electron chi connectivity index (χ3n) is 4.69. The molecule has 134 valence electrons. The molecule has 5 nitrogen and oxygen atoms in total. The number of benzene rings is 1. The molecule has 0 aliphatic carbocycles. The Bertz CT molecular complexity index is 819. The quantitative estimate of drug-likeness (QED) is 0.908. The number of pyridine rings is 1. The molecule has 25 heavy (non-hydrogen) atoms. The van der Waals surface area contributed by atoms with E-state index in [0.717, 1.165) is 35.9 Å². The van der Waals surface area contributed by atoms with Crippen molar-refractivity contribution in [2.24, 2.45) is 5.92 Å². The molecular formula is C20H26N2O3. The lowest BCUT2D eigenvalue weighted by Gasteiger charge is -2.27. The number of hydrogen-bond donors (Lipinski definition) is 1. The Morgan fingerprint density at radius 2 is 2.16 bits per heavy atom. The number of nitrogens with one attached hydrogen (secondary N) is 1. The van der Waals surface area contributed by atoms with Gasteiger partial charge in [-0.15, -0.1) is 0 Å². The van der Waals surface area contributed by atoms with Gasteiger partial charge in [-0.2, -0.15) is 0 Å². The van der Waals surface area contributed by atoms with Gasteiger partial charge in [0.2, 0.25) is 5.91 Å². The molecule has 1 aromatic carbocycles. The summed E-state index contributed by atoms with van der Waals surface area (Å²) in [6.45, 7) is 7.41. The summed E-state index contributed by atoms with van der Waals surface area (Å²) < 4.78 is 5.69. The molecule has 1 aromatic heterocycles. The molecule has 1 amide bonds. The summed E-state index contributed by atoms with van der Waals surface area (Å²) in [4.78, 5) is 29.8. The van der Waals surface area contributed by atoms with Crippen LogP contribution >= 0.6 is 0 Å². The number of carbonyl (C=O) groups is 1. The van der Waals surface area contributed by atoms with Gasteiger partial charge in [0.1, 0.15) is 0 Å². The maximum atomic E-state index is 12.6. The second-order valence-electron chi connectivity index (χ2n) is 7.22. The van der Waals surface area contributed by atoms with Gasteiger partial charge >= 0.3 is 0 Å². The number of aromatic amines is 1. The maximum absolute atomic E-state index is 12.6. The first-order valence-electron chi connectivity index (χ1n) is 8.97. The van der Waals surface area contributed by atoms with Crippen LogP contribution in [-0.4, -0.2) is 35.0 Å². The number of hydrogen-bond acceptors (Lipinski definition) is 3. The van der Waals surface area contributed by atoms with Crippen molar-refractivity contribution < 1.29 is 9.53 Å². The predicted octanol–water partition coefficient (Wildman–Crippen LogP) is 3.00. The summed E-state index contributed by atoms with van der Waals surface area (Å²) in [6, 6.07) is 7.84. The van der Waals surface area contributed by atoms with Gasteiger partial charge in [-0.25, -0.2) is 0 Å². The smallest absolute Gasteiger partial charge is 0.253 e. The molecule has 2 heterocycles. The monoisotopic (exact) mass is 342 g/mol. The Balaban J connectivity index is 1.89. The van der Waals surface area contributed by atoms with E-state index in [1.54, 1.807) is 4.90 Å². The Kier molecular flexibility index (Phi) is 5.23. The van der Waals surface area contributed by atoms with Crippen LogP contribution in [0.25, 0.3) is 10.9 Å². The van der Waals surface area contributed by atoms with Crippen molar-refractivity contribution in [2.75, 3.05) is 13.2 Å². The maximum Gasteiger partial charge on any atom is 0.253 e. The van der Waals surface area contributed by atoms with Crippen molar-refractivity contribution in [3.05, 3.63) is 45.7 Å². The van der Waals surface area contributed by atoms with E-state index in [9.17, 15) is 9.59 Å². The Morgan fingerprint density at radius 3 is 2.84 bits per heavy atom. The van der Waals surface area contributed by atoms with Gasteiger partial charge < -0.3 is 14.6 Å². The highest BCUT2D eigenvalue weighted by atomic mass is 16.5. The molecule has 1 saturated heterocycles. The molecule has 1 aliphatic rings. The van der Waals surface area contributed by atoms with Crippen molar-refractivity contribution in [3.63, 3.8) is 0 Å². The lowest BCUT2D eigenvalue weighted by Crippen LogP contribution is -2.40. The Hall–Kier alpha value is -2.14. The number of aromatic nitrogens is 1. The van der Waals surface area contributed by atoms with Crippen LogP contribution in [0.15, 0.2) is 29.1 Å². The third kappa shape index (κ3) is 4.10. The van der Waals surface area contributed by atoms with E-state index in [4.69, 9.17) is 4.74 Å². The van der Waals surface area contributed by atoms with E-state index in [1.807, 2.05) is 45.0 Å². The summed E-state index contributed by atoms with van der Waals surface area (Å²) in [7, 11) is 0. The first-order chi connectivity index (χ1) is 11.9. The van der Waals surface area contributed by atoms with Crippen molar-refractivity contribution in [2.45, 2.75) is 46.3 Å². The summed E-state index contributed by atoms with van der Waals surface area (Å²) in [5.41, 5.74) is 2.44. The lowest BCUT2D eigenvalue weighted by molar-refractivity contribution is -0.136. The summed E-state index contributed by atoms with van der Waals surface area (Å²) in [6.07, 6.45) is 2.07. The number of fused-ring (bicyclic) bond motifs is 1. The molecule has 0 bridgehead atoms. The second-order valence-corrected chi connectivity index (χ2v) is 7.22. The molecule has 0 unspecified atom stereocenters. The van der Waals surface area contributed by atoms with Crippen LogP contribution in [0.2, 0.25) is 0 Å². The minimum absolute atomic E-state index is 0.0549. The number of aryl methyl sites for hydroxylation is 1. The molecule has 0 saturated carbocycles. The van der Waals surface area contributed by atoms with Gasteiger partial charge in [0, 0.05) is 30.1 Å². The van der Waals surface area contributed by atoms with Gasteiger partial charge in [0.05, 0.1) is 12.6 Å². The zero-order valence-corrected chi connectivity index (χ0v) is 15.2. The van der Waals surface area contributed by atoms with Gasteiger partial charge in [-0.3, -0.25) is 9.59 Å². The normalized spacial score (nSPS) is 17.4. The zero-order chi connectivity index (χ0) is 18.0. The van der Waals surface area contributed by atoms with Crippen molar-refractivity contribution >= 4 is 16.8 Å². The average Bonchev–Trinajstić information content (AvgIpc) is 3.07. The Morgan fingerprint density at radius 1 is 1.36 bits per heavy atom. The van der Waals surface area contributed by atoms with Crippen LogP contribution in [0, 0.1) is 12.8 Å². The number of amides is 1. The third-order valence-corrected chi connectivity index (χ3v) is 4.69. The minimum atomic E-state index is -0.134. The molecule has 5 heteroatoms. The second kappa shape index (κ2) is 7.40. The van der Waals surface area contributed by atoms with E-state index in [-0.39, 0.29) is 23.5 Å². The topological polar surface area (TPSA) is 62.4 Å². The molecule has 1 aliphatic heterocycles. The first-order valence-corrected chi connectivity index (χ1v) is 8.97. The Labute approximate surface area is 148 Å². The first kappa shape index (κ1) is 17.7. The highest BCUT2D eigenvalue weighted by Gasteiger charge is 2.25. The highest BCUT2D eigenvalue weighted by Crippen LogP contribution is 2.18. The standard InChI is InChI=1S/C20H26N2O3/c1-13(2)20(24)22(12-17-5-4-8-25-17)11-16-10-15-9-14(3)6-7-18(15)21-19(16)23/h6-7,9-10,13,17H,4-5,8,11-12H2,1-3H3,(H,21,23)/t17-/m0/s1. The fourth-order valence-corrected chi connectivity index (χ4v) is 3.33. The molecular weight excluding hydrogens is 316 g/mol. The fraction of sp³-hybridized carbons (Fsp3) is 0.500. The molecule has 1 N–H and O–H groups in total. The number of ether oxygens (including phenoxy) is 1. The van der Waals surface area contributed by atoms with Crippen LogP contribution < -0.4 is 5.56 Å². The van der Waals surface area contributed by atoms with Gasteiger partial charge in [0.25, 0.3) is 5.56 Å². The molecule has 0 radical (unpaired) electrons. The van der Waals surface area contributed by atoms with Gasteiger partial charge in [-0.05, 0) is 43.4 Å². The molecule has 2 aromatic rings.